The molecule has 0 saturated carbocycles. The second kappa shape index (κ2) is 5.96. The van der Waals surface area contributed by atoms with Crippen molar-refractivity contribution in [1.82, 2.24) is 15.1 Å². The van der Waals surface area contributed by atoms with E-state index in [9.17, 15) is 0 Å². The number of nitrogens with one attached hydrogen (secondary N) is 2. The summed E-state index contributed by atoms with van der Waals surface area (Å²) >= 11 is 0. The Morgan fingerprint density at radius 2 is 1.74 bits per heavy atom. The van der Waals surface area contributed by atoms with Crippen LogP contribution in [-0.4, -0.2) is 15.1 Å². The first-order chi connectivity index (χ1) is 11.0. The van der Waals surface area contributed by atoms with Crippen LogP contribution in [0.25, 0.3) is 0 Å². The molecular weight excluding hydrogens is 292 g/mol. The van der Waals surface area contributed by atoms with Gasteiger partial charge >= 0.3 is 0 Å². The Morgan fingerprint density at radius 1 is 1.00 bits per heavy atom. The molecule has 0 aliphatic heterocycles. The second-order valence-corrected chi connectivity index (χ2v) is 5.38. The molecule has 0 atom stereocenters. The van der Waals surface area contributed by atoms with Crippen LogP contribution in [0, 0.1) is 20.8 Å². The average Bonchev–Trinajstić information content (AvgIpc) is 2.91. The standard InChI is InChI=1S/C16H18N6O/c1-9-4-5-12(10(2)6-9)20-15-14(17)16(19-8-18-15)21-13-7-11(3)23-22-13/h4-8H,17H2,1-3H3,(H2,18,19,20,21,22). The Kier molecular flexibility index (Phi) is 3.84. The van der Waals surface area contributed by atoms with Crippen LogP contribution in [0.4, 0.5) is 28.8 Å². The Labute approximate surface area is 133 Å². The Bertz CT molecular complexity index is 842. The molecule has 0 unspecified atom stereocenters. The molecule has 2 heterocycles. The molecule has 0 bridgehead atoms. The number of rotatable bonds is 4. The summed E-state index contributed by atoms with van der Waals surface area (Å²) in [5.41, 5.74) is 9.83. The van der Waals surface area contributed by atoms with E-state index in [0.717, 1.165) is 11.3 Å². The average molecular weight is 310 g/mol. The van der Waals surface area contributed by atoms with Gasteiger partial charge in [-0.05, 0) is 32.4 Å². The topological polar surface area (TPSA) is 102 Å². The molecule has 0 amide bonds. The molecule has 0 radical (unpaired) electrons. The van der Waals surface area contributed by atoms with Crippen LogP contribution in [0.1, 0.15) is 16.9 Å². The molecule has 0 aliphatic carbocycles. The highest BCUT2D eigenvalue weighted by Crippen LogP contribution is 2.29. The predicted octanol–water partition coefficient (Wildman–Crippen LogP) is 3.46. The number of aryl methyl sites for hydroxylation is 3. The van der Waals surface area contributed by atoms with Crippen molar-refractivity contribution >= 4 is 28.8 Å². The zero-order chi connectivity index (χ0) is 16.4. The molecule has 23 heavy (non-hydrogen) atoms. The summed E-state index contributed by atoms with van der Waals surface area (Å²) in [5.74, 6) is 2.26. The molecule has 7 heteroatoms. The quantitative estimate of drug-likeness (QED) is 0.678. The molecule has 7 nitrogen and oxygen atoms in total. The molecule has 4 N–H and O–H groups in total. The minimum absolute atomic E-state index is 0.410. The Morgan fingerprint density at radius 3 is 2.39 bits per heavy atom. The monoisotopic (exact) mass is 310 g/mol. The first-order valence-corrected chi connectivity index (χ1v) is 7.18. The minimum Gasteiger partial charge on any atom is -0.393 e. The van der Waals surface area contributed by atoms with Gasteiger partial charge < -0.3 is 20.9 Å². The largest absolute Gasteiger partial charge is 0.393 e. The van der Waals surface area contributed by atoms with Crippen molar-refractivity contribution in [2.45, 2.75) is 20.8 Å². The first kappa shape index (κ1) is 14.8. The van der Waals surface area contributed by atoms with Crippen molar-refractivity contribution in [3.05, 3.63) is 47.5 Å². The van der Waals surface area contributed by atoms with Gasteiger partial charge in [-0.3, -0.25) is 0 Å². The molecule has 3 aromatic rings. The van der Waals surface area contributed by atoms with Gasteiger partial charge in [0.2, 0.25) is 0 Å². The van der Waals surface area contributed by atoms with Gasteiger partial charge in [0.15, 0.2) is 17.5 Å². The van der Waals surface area contributed by atoms with Crippen LogP contribution in [0.5, 0.6) is 0 Å². The zero-order valence-electron chi connectivity index (χ0n) is 13.2. The lowest BCUT2D eigenvalue weighted by Gasteiger charge is -2.13. The van der Waals surface area contributed by atoms with E-state index in [1.807, 2.05) is 26.0 Å². The Hall–Kier alpha value is -3.09. The van der Waals surface area contributed by atoms with Crippen molar-refractivity contribution < 1.29 is 4.52 Å². The van der Waals surface area contributed by atoms with Crippen molar-refractivity contribution in [3.8, 4) is 0 Å². The van der Waals surface area contributed by atoms with Crippen LogP contribution in [0.3, 0.4) is 0 Å². The molecule has 0 fully saturated rings. The second-order valence-electron chi connectivity index (χ2n) is 5.38. The molecule has 1 aromatic carbocycles. The van der Waals surface area contributed by atoms with Crippen molar-refractivity contribution in [2.75, 3.05) is 16.4 Å². The van der Waals surface area contributed by atoms with E-state index in [1.54, 1.807) is 6.07 Å². The summed E-state index contributed by atoms with van der Waals surface area (Å²) in [6.45, 7) is 5.90. The highest BCUT2D eigenvalue weighted by Gasteiger charge is 2.11. The maximum Gasteiger partial charge on any atom is 0.175 e. The summed E-state index contributed by atoms with van der Waals surface area (Å²) in [4.78, 5) is 8.37. The normalized spacial score (nSPS) is 10.6. The van der Waals surface area contributed by atoms with Gasteiger partial charge in [-0.2, -0.15) is 0 Å². The minimum atomic E-state index is 0.410. The molecule has 118 valence electrons. The third-order valence-corrected chi connectivity index (χ3v) is 3.39. The van der Waals surface area contributed by atoms with Crippen LogP contribution in [0.15, 0.2) is 35.1 Å². The van der Waals surface area contributed by atoms with Gasteiger partial charge in [-0.15, -0.1) is 0 Å². The van der Waals surface area contributed by atoms with E-state index < -0.39 is 0 Å². The van der Waals surface area contributed by atoms with Gasteiger partial charge in [-0.1, -0.05) is 22.9 Å². The number of aromatic nitrogens is 3. The van der Waals surface area contributed by atoms with E-state index in [-0.39, 0.29) is 0 Å². The van der Waals surface area contributed by atoms with Crippen LogP contribution in [0.2, 0.25) is 0 Å². The number of hydrogen-bond acceptors (Lipinski definition) is 7. The van der Waals surface area contributed by atoms with E-state index in [4.69, 9.17) is 10.3 Å². The van der Waals surface area contributed by atoms with Gasteiger partial charge in [0, 0.05) is 11.8 Å². The molecular formula is C16H18N6O. The van der Waals surface area contributed by atoms with Crippen molar-refractivity contribution in [1.29, 1.82) is 0 Å². The fraction of sp³-hybridized carbons (Fsp3) is 0.188. The number of nitrogen functional groups attached to an aromatic ring is 1. The van der Waals surface area contributed by atoms with Crippen LogP contribution >= 0.6 is 0 Å². The lowest BCUT2D eigenvalue weighted by atomic mass is 10.1. The number of benzene rings is 1. The summed E-state index contributed by atoms with van der Waals surface area (Å²) in [5, 5.41) is 10.1. The first-order valence-electron chi connectivity index (χ1n) is 7.18. The predicted molar refractivity (Wildman–Crippen MR) is 90.2 cm³/mol. The third kappa shape index (κ3) is 3.23. The van der Waals surface area contributed by atoms with Gasteiger partial charge in [-0.25, -0.2) is 9.97 Å². The third-order valence-electron chi connectivity index (χ3n) is 3.39. The maximum atomic E-state index is 6.16. The Balaban J connectivity index is 1.87. The highest BCUT2D eigenvalue weighted by molar-refractivity contribution is 5.80. The smallest absolute Gasteiger partial charge is 0.175 e. The van der Waals surface area contributed by atoms with Crippen molar-refractivity contribution in [2.24, 2.45) is 0 Å². The molecule has 3 rings (SSSR count). The number of nitrogens with zero attached hydrogens (tertiary/aromatic N) is 3. The fourth-order valence-electron chi connectivity index (χ4n) is 2.22. The van der Waals surface area contributed by atoms with Crippen LogP contribution in [-0.2, 0) is 0 Å². The lowest BCUT2D eigenvalue weighted by Crippen LogP contribution is -2.05. The van der Waals surface area contributed by atoms with E-state index >= 15 is 0 Å². The molecule has 0 spiro atoms. The maximum absolute atomic E-state index is 6.16. The molecule has 2 aromatic heterocycles. The van der Waals surface area contributed by atoms with E-state index in [1.165, 1.54) is 11.9 Å². The number of anilines is 5. The van der Waals surface area contributed by atoms with Gasteiger partial charge in [0.05, 0.1) is 0 Å². The summed E-state index contributed by atoms with van der Waals surface area (Å²) in [7, 11) is 0. The molecule has 0 saturated heterocycles. The summed E-state index contributed by atoms with van der Waals surface area (Å²) < 4.78 is 5.02. The van der Waals surface area contributed by atoms with E-state index in [0.29, 0.717) is 28.9 Å². The van der Waals surface area contributed by atoms with E-state index in [2.05, 4.69) is 38.7 Å². The number of nitrogens with two attached hydrogens (primary N) is 1. The number of hydrogen-bond donors (Lipinski definition) is 3. The molecule has 0 aliphatic rings. The fourth-order valence-corrected chi connectivity index (χ4v) is 2.22. The van der Waals surface area contributed by atoms with Gasteiger partial charge in [0.1, 0.15) is 17.8 Å². The summed E-state index contributed by atoms with van der Waals surface area (Å²) in [6.07, 6.45) is 1.44. The van der Waals surface area contributed by atoms with Gasteiger partial charge in [0.25, 0.3) is 0 Å². The van der Waals surface area contributed by atoms with Crippen LogP contribution < -0.4 is 16.4 Å². The highest BCUT2D eigenvalue weighted by atomic mass is 16.5. The lowest BCUT2D eigenvalue weighted by molar-refractivity contribution is 0.400. The summed E-state index contributed by atoms with van der Waals surface area (Å²) in [6, 6.07) is 7.89. The SMILES string of the molecule is Cc1ccc(Nc2ncnc(Nc3cc(C)on3)c2N)c(C)c1. The zero-order valence-corrected chi connectivity index (χ0v) is 13.2. The van der Waals surface area contributed by atoms with Crippen molar-refractivity contribution in [3.63, 3.8) is 0 Å².